The Hall–Kier alpha value is -0.720. The van der Waals surface area contributed by atoms with E-state index in [2.05, 4.69) is 19.1 Å². The predicted molar refractivity (Wildman–Crippen MR) is 44.8 cm³/mol. The summed E-state index contributed by atoms with van der Waals surface area (Å²) in [6, 6.07) is 0. The second-order valence-corrected chi connectivity index (χ2v) is 2.31. The van der Waals surface area contributed by atoms with E-state index in [0.29, 0.717) is 0 Å². The molecule has 0 atom stereocenters. The lowest BCUT2D eigenvalue weighted by Gasteiger charge is -1.95. The van der Waals surface area contributed by atoms with Gasteiger partial charge >= 0.3 is 0 Å². The molecule has 0 radical (unpaired) electrons. The monoisotopic (exact) mass is 140 g/mol. The van der Waals surface area contributed by atoms with Crippen LogP contribution in [0, 0.1) is 0 Å². The van der Waals surface area contributed by atoms with E-state index in [-0.39, 0.29) is 0 Å². The molecule has 10 heavy (non-hydrogen) atoms. The highest BCUT2D eigenvalue weighted by atomic mass is 16.5. The van der Waals surface area contributed by atoms with Crippen molar-refractivity contribution in [3.8, 4) is 0 Å². The minimum Gasteiger partial charge on any atom is -0.504 e. The van der Waals surface area contributed by atoms with Gasteiger partial charge in [-0.3, -0.25) is 0 Å². The van der Waals surface area contributed by atoms with Crippen LogP contribution in [0.2, 0.25) is 0 Å². The molecule has 1 nitrogen and oxygen atoms in total. The van der Waals surface area contributed by atoms with E-state index in [1.54, 1.807) is 13.4 Å². The van der Waals surface area contributed by atoms with Gasteiger partial charge in [0.25, 0.3) is 0 Å². The molecule has 0 aliphatic heterocycles. The van der Waals surface area contributed by atoms with Crippen LogP contribution in [-0.2, 0) is 4.74 Å². The van der Waals surface area contributed by atoms with Crippen LogP contribution >= 0.6 is 0 Å². The van der Waals surface area contributed by atoms with Gasteiger partial charge in [0.2, 0.25) is 0 Å². The molecule has 0 bridgehead atoms. The van der Waals surface area contributed by atoms with Gasteiger partial charge in [0.1, 0.15) is 0 Å². The Bertz CT molecular complexity index is 123. The van der Waals surface area contributed by atoms with Crippen molar-refractivity contribution in [2.75, 3.05) is 7.11 Å². The van der Waals surface area contributed by atoms with E-state index in [1.807, 2.05) is 6.92 Å². The molecule has 0 heterocycles. The summed E-state index contributed by atoms with van der Waals surface area (Å²) in [6.07, 6.45) is 8.23. The molecule has 0 saturated carbocycles. The second kappa shape index (κ2) is 6.40. The largest absolute Gasteiger partial charge is 0.504 e. The Morgan fingerprint density at radius 1 is 1.50 bits per heavy atom. The first-order chi connectivity index (χ1) is 4.81. The van der Waals surface area contributed by atoms with Crippen molar-refractivity contribution in [3.63, 3.8) is 0 Å². The fraction of sp³-hybridized carbons (Fsp3) is 0.556. The third-order valence-corrected chi connectivity index (χ3v) is 1.26. The Kier molecular flexibility index (Phi) is 5.94. The summed E-state index contributed by atoms with van der Waals surface area (Å²) in [5.74, 6) is 0. The standard InChI is InChI=1S/C9H16O/c1-4-5-6-7-9(2)8-10-3/h4-5,8H,6-7H2,1-3H3. The van der Waals surface area contributed by atoms with Crippen LogP contribution in [0.25, 0.3) is 0 Å². The number of ether oxygens (including phenoxy) is 1. The van der Waals surface area contributed by atoms with Crippen LogP contribution in [0.3, 0.4) is 0 Å². The number of methoxy groups -OCH3 is 1. The summed E-state index contributed by atoms with van der Waals surface area (Å²) in [4.78, 5) is 0. The van der Waals surface area contributed by atoms with Gasteiger partial charge in [0.15, 0.2) is 0 Å². The van der Waals surface area contributed by atoms with Crippen LogP contribution in [0.5, 0.6) is 0 Å². The maximum atomic E-state index is 4.85. The van der Waals surface area contributed by atoms with E-state index in [0.717, 1.165) is 12.8 Å². The average Bonchev–Trinajstić information content (AvgIpc) is 1.89. The van der Waals surface area contributed by atoms with Gasteiger partial charge in [-0.05, 0) is 32.3 Å². The van der Waals surface area contributed by atoms with E-state index in [4.69, 9.17) is 4.74 Å². The topological polar surface area (TPSA) is 9.23 Å². The SMILES string of the molecule is CC=CCCC(C)=COC. The summed E-state index contributed by atoms with van der Waals surface area (Å²) in [6.45, 7) is 4.11. The number of hydrogen-bond acceptors (Lipinski definition) is 1. The normalized spacial score (nSPS) is 12.5. The molecule has 0 spiro atoms. The van der Waals surface area contributed by atoms with Crippen molar-refractivity contribution in [2.24, 2.45) is 0 Å². The van der Waals surface area contributed by atoms with Gasteiger partial charge in [0.05, 0.1) is 13.4 Å². The summed E-state index contributed by atoms with van der Waals surface area (Å²) >= 11 is 0. The molecular formula is C9H16O. The molecule has 0 amide bonds. The molecule has 1 heteroatoms. The highest BCUT2D eigenvalue weighted by Gasteiger charge is 1.85. The third kappa shape index (κ3) is 5.42. The Morgan fingerprint density at radius 3 is 2.70 bits per heavy atom. The summed E-state index contributed by atoms with van der Waals surface area (Å²) in [5.41, 5.74) is 1.29. The molecule has 0 aliphatic carbocycles. The number of rotatable bonds is 4. The lowest BCUT2D eigenvalue weighted by molar-refractivity contribution is 0.332. The average molecular weight is 140 g/mol. The molecule has 0 aromatic carbocycles. The van der Waals surface area contributed by atoms with Crippen LogP contribution in [-0.4, -0.2) is 7.11 Å². The summed E-state index contributed by atoms with van der Waals surface area (Å²) in [7, 11) is 1.68. The van der Waals surface area contributed by atoms with E-state index >= 15 is 0 Å². The van der Waals surface area contributed by atoms with Gasteiger partial charge in [-0.25, -0.2) is 0 Å². The smallest absolute Gasteiger partial charge is 0.0813 e. The maximum absolute atomic E-state index is 4.85. The Morgan fingerprint density at radius 2 is 2.20 bits per heavy atom. The van der Waals surface area contributed by atoms with Crippen molar-refractivity contribution >= 4 is 0 Å². The predicted octanol–water partition coefficient (Wildman–Crippen LogP) is 2.89. The number of allylic oxidation sites excluding steroid dienone is 3. The fourth-order valence-corrected chi connectivity index (χ4v) is 0.738. The molecule has 0 aliphatic rings. The first-order valence-corrected chi connectivity index (χ1v) is 3.61. The van der Waals surface area contributed by atoms with Gasteiger partial charge in [0, 0.05) is 0 Å². The molecular weight excluding hydrogens is 124 g/mol. The van der Waals surface area contributed by atoms with Gasteiger partial charge in [-0.15, -0.1) is 0 Å². The van der Waals surface area contributed by atoms with Crippen molar-refractivity contribution in [3.05, 3.63) is 24.0 Å². The second-order valence-electron chi connectivity index (χ2n) is 2.31. The minimum absolute atomic E-state index is 1.10. The van der Waals surface area contributed by atoms with E-state index in [9.17, 15) is 0 Å². The highest BCUT2D eigenvalue weighted by molar-refractivity contribution is 4.95. The van der Waals surface area contributed by atoms with Crippen molar-refractivity contribution in [2.45, 2.75) is 26.7 Å². The fourth-order valence-electron chi connectivity index (χ4n) is 0.738. The van der Waals surface area contributed by atoms with Gasteiger partial charge < -0.3 is 4.74 Å². The van der Waals surface area contributed by atoms with Crippen LogP contribution < -0.4 is 0 Å². The van der Waals surface area contributed by atoms with Crippen LogP contribution in [0.4, 0.5) is 0 Å². The molecule has 0 fully saturated rings. The van der Waals surface area contributed by atoms with Gasteiger partial charge in [-0.2, -0.15) is 0 Å². The van der Waals surface area contributed by atoms with Crippen LogP contribution in [0.1, 0.15) is 26.7 Å². The zero-order valence-electron chi connectivity index (χ0n) is 7.05. The summed E-state index contributed by atoms with van der Waals surface area (Å²) < 4.78 is 4.85. The first kappa shape index (κ1) is 9.28. The highest BCUT2D eigenvalue weighted by Crippen LogP contribution is 2.03. The van der Waals surface area contributed by atoms with Gasteiger partial charge in [-0.1, -0.05) is 12.2 Å². The molecule has 0 aromatic rings. The molecule has 0 unspecified atom stereocenters. The lowest BCUT2D eigenvalue weighted by Crippen LogP contribution is -1.77. The zero-order valence-corrected chi connectivity index (χ0v) is 7.05. The molecule has 58 valence electrons. The zero-order chi connectivity index (χ0) is 7.82. The minimum atomic E-state index is 1.10. The van der Waals surface area contributed by atoms with Crippen molar-refractivity contribution in [1.29, 1.82) is 0 Å². The van der Waals surface area contributed by atoms with E-state index in [1.165, 1.54) is 5.57 Å². The first-order valence-electron chi connectivity index (χ1n) is 3.61. The number of hydrogen-bond donors (Lipinski definition) is 0. The van der Waals surface area contributed by atoms with E-state index < -0.39 is 0 Å². The Balaban J connectivity index is 3.38. The molecule has 0 N–H and O–H groups in total. The molecule has 0 aromatic heterocycles. The quantitative estimate of drug-likeness (QED) is 0.431. The summed E-state index contributed by atoms with van der Waals surface area (Å²) in [5, 5.41) is 0. The van der Waals surface area contributed by atoms with Crippen molar-refractivity contribution < 1.29 is 4.74 Å². The molecule has 0 rings (SSSR count). The maximum Gasteiger partial charge on any atom is 0.0813 e. The van der Waals surface area contributed by atoms with Crippen LogP contribution in [0.15, 0.2) is 24.0 Å². The lowest BCUT2D eigenvalue weighted by atomic mass is 10.2. The molecule has 0 saturated heterocycles. The Labute approximate surface area is 63.4 Å². The third-order valence-electron chi connectivity index (χ3n) is 1.26. The van der Waals surface area contributed by atoms with Crippen molar-refractivity contribution in [1.82, 2.24) is 0 Å².